The Morgan fingerprint density at radius 2 is 1.53 bits per heavy atom. The van der Waals surface area contributed by atoms with Gasteiger partial charge < -0.3 is 24.6 Å². The van der Waals surface area contributed by atoms with Crippen LogP contribution in [0.4, 0.5) is 11.4 Å². The first-order chi connectivity index (χ1) is 16.5. The molecule has 176 valence electrons. The first-order valence-corrected chi connectivity index (χ1v) is 11.3. The number of anilines is 2. The topological polar surface area (TPSA) is 71.1 Å². The molecule has 0 radical (unpaired) electrons. The lowest BCUT2D eigenvalue weighted by Crippen LogP contribution is -2.48. The lowest BCUT2D eigenvalue weighted by atomic mass is 10.1. The van der Waals surface area contributed by atoms with Gasteiger partial charge in [-0.3, -0.25) is 9.59 Å². The SMILES string of the molecule is COc1ccc(C(=O)Nc2ccc(N3CCN(C(=O)c4ccccc4)CC3)c(Cl)c2)cc1OC. The van der Waals surface area contributed by atoms with Crippen LogP contribution in [0.25, 0.3) is 0 Å². The number of hydrogen-bond acceptors (Lipinski definition) is 5. The average molecular weight is 480 g/mol. The molecule has 1 heterocycles. The molecule has 3 aromatic rings. The summed E-state index contributed by atoms with van der Waals surface area (Å²) in [6.07, 6.45) is 0. The molecule has 1 saturated heterocycles. The lowest BCUT2D eigenvalue weighted by Gasteiger charge is -2.36. The molecule has 1 aliphatic heterocycles. The number of nitrogens with one attached hydrogen (secondary N) is 1. The van der Waals surface area contributed by atoms with Gasteiger partial charge in [0.1, 0.15) is 0 Å². The number of methoxy groups -OCH3 is 2. The smallest absolute Gasteiger partial charge is 0.255 e. The van der Waals surface area contributed by atoms with Crippen molar-refractivity contribution in [3.05, 3.63) is 82.9 Å². The fourth-order valence-electron chi connectivity index (χ4n) is 3.94. The van der Waals surface area contributed by atoms with Crippen molar-refractivity contribution in [2.75, 3.05) is 50.6 Å². The Morgan fingerprint density at radius 3 is 2.18 bits per heavy atom. The van der Waals surface area contributed by atoms with Gasteiger partial charge in [0.05, 0.1) is 24.9 Å². The summed E-state index contributed by atoms with van der Waals surface area (Å²) < 4.78 is 10.5. The van der Waals surface area contributed by atoms with Crippen LogP contribution in [0.3, 0.4) is 0 Å². The van der Waals surface area contributed by atoms with Crippen LogP contribution in [0.15, 0.2) is 66.7 Å². The number of rotatable bonds is 6. The van der Waals surface area contributed by atoms with Gasteiger partial charge in [-0.15, -0.1) is 0 Å². The molecular weight excluding hydrogens is 454 g/mol. The summed E-state index contributed by atoms with van der Waals surface area (Å²) in [5.74, 6) is 0.794. The van der Waals surface area contributed by atoms with Crippen molar-refractivity contribution in [2.45, 2.75) is 0 Å². The van der Waals surface area contributed by atoms with Gasteiger partial charge in [-0.2, -0.15) is 0 Å². The zero-order chi connectivity index (χ0) is 24.1. The summed E-state index contributed by atoms with van der Waals surface area (Å²) in [7, 11) is 3.07. The highest BCUT2D eigenvalue weighted by Gasteiger charge is 2.23. The zero-order valence-electron chi connectivity index (χ0n) is 19.1. The lowest BCUT2D eigenvalue weighted by molar-refractivity contribution is 0.0746. The van der Waals surface area contributed by atoms with E-state index in [0.717, 1.165) is 5.69 Å². The summed E-state index contributed by atoms with van der Waals surface area (Å²) >= 11 is 6.56. The van der Waals surface area contributed by atoms with E-state index < -0.39 is 0 Å². The third kappa shape index (κ3) is 5.10. The van der Waals surface area contributed by atoms with Crippen LogP contribution in [0, 0.1) is 0 Å². The molecule has 1 N–H and O–H groups in total. The van der Waals surface area contributed by atoms with Crippen molar-refractivity contribution in [3.63, 3.8) is 0 Å². The van der Waals surface area contributed by atoms with Gasteiger partial charge in [0.15, 0.2) is 11.5 Å². The minimum Gasteiger partial charge on any atom is -0.493 e. The largest absolute Gasteiger partial charge is 0.493 e. The number of piperazine rings is 1. The summed E-state index contributed by atoms with van der Waals surface area (Å²) in [5, 5.41) is 3.40. The predicted molar refractivity (Wildman–Crippen MR) is 134 cm³/mol. The summed E-state index contributed by atoms with van der Waals surface area (Å²) in [6, 6.07) is 19.7. The third-order valence-electron chi connectivity index (χ3n) is 5.78. The van der Waals surface area contributed by atoms with Gasteiger partial charge in [-0.1, -0.05) is 29.8 Å². The van der Waals surface area contributed by atoms with Crippen LogP contribution >= 0.6 is 11.6 Å². The van der Waals surface area contributed by atoms with E-state index in [-0.39, 0.29) is 11.8 Å². The number of amides is 2. The van der Waals surface area contributed by atoms with Crippen molar-refractivity contribution in [1.29, 1.82) is 0 Å². The molecule has 3 aromatic carbocycles. The number of hydrogen-bond donors (Lipinski definition) is 1. The molecule has 4 rings (SSSR count). The molecule has 34 heavy (non-hydrogen) atoms. The molecule has 0 bridgehead atoms. The maximum absolute atomic E-state index is 12.7. The van der Waals surface area contributed by atoms with E-state index in [1.165, 1.54) is 7.11 Å². The van der Waals surface area contributed by atoms with E-state index >= 15 is 0 Å². The van der Waals surface area contributed by atoms with Crippen LogP contribution in [0.2, 0.25) is 5.02 Å². The number of nitrogens with zero attached hydrogens (tertiary/aromatic N) is 2. The van der Waals surface area contributed by atoms with Crippen molar-refractivity contribution < 1.29 is 19.1 Å². The molecular formula is C26H26ClN3O4. The Labute approximate surface area is 203 Å². The van der Waals surface area contributed by atoms with Gasteiger partial charge in [-0.25, -0.2) is 0 Å². The van der Waals surface area contributed by atoms with Crippen LogP contribution in [-0.2, 0) is 0 Å². The maximum atomic E-state index is 12.7. The highest BCUT2D eigenvalue weighted by atomic mass is 35.5. The van der Waals surface area contributed by atoms with Gasteiger partial charge >= 0.3 is 0 Å². The van der Waals surface area contributed by atoms with Crippen molar-refractivity contribution >= 4 is 34.8 Å². The second kappa shape index (κ2) is 10.5. The summed E-state index contributed by atoms with van der Waals surface area (Å²) in [5.41, 5.74) is 2.60. The van der Waals surface area contributed by atoms with E-state index in [1.807, 2.05) is 47.4 Å². The molecule has 0 spiro atoms. The van der Waals surface area contributed by atoms with E-state index in [4.69, 9.17) is 21.1 Å². The first kappa shape index (κ1) is 23.4. The fourth-order valence-corrected chi connectivity index (χ4v) is 4.24. The van der Waals surface area contributed by atoms with Crippen molar-refractivity contribution in [2.24, 2.45) is 0 Å². The molecule has 0 unspecified atom stereocenters. The quantitative estimate of drug-likeness (QED) is 0.560. The Morgan fingerprint density at radius 1 is 0.824 bits per heavy atom. The minimum absolute atomic E-state index is 0.0413. The van der Waals surface area contributed by atoms with E-state index in [0.29, 0.717) is 59.5 Å². The molecule has 8 heteroatoms. The van der Waals surface area contributed by atoms with Gasteiger partial charge in [0.2, 0.25) is 0 Å². The number of carbonyl (C=O) groups excluding carboxylic acids is 2. The van der Waals surface area contributed by atoms with Gasteiger partial charge in [0.25, 0.3) is 11.8 Å². The highest BCUT2D eigenvalue weighted by molar-refractivity contribution is 6.33. The van der Waals surface area contributed by atoms with Crippen LogP contribution in [0.1, 0.15) is 20.7 Å². The number of benzene rings is 3. The molecule has 0 aromatic heterocycles. The Balaban J connectivity index is 1.39. The van der Waals surface area contributed by atoms with E-state index in [1.54, 1.807) is 31.4 Å². The molecule has 0 aliphatic carbocycles. The Bertz CT molecular complexity index is 1180. The summed E-state index contributed by atoms with van der Waals surface area (Å²) in [6.45, 7) is 2.58. The van der Waals surface area contributed by atoms with Crippen LogP contribution < -0.4 is 19.7 Å². The maximum Gasteiger partial charge on any atom is 0.255 e. The molecule has 2 amide bonds. The molecule has 7 nitrogen and oxygen atoms in total. The monoisotopic (exact) mass is 479 g/mol. The van der Waals surface area contributed by atoms with Gasteiger partial charge in [-0.05, 0) is 48.5 Å². The summed E-state index contributed by atoms with van der Waals surface area (Å²) in [4.78, 5) is 29.4. The first-order valence-electron chi connectivity index (χ1n) is 10.9. The molecule has 0 atom stereocenters. The standard InChI is InChI=1S/C26H26ClN3O4/c1-33-23-11-8-19(16-24(23)34-2)25(31)28-20-9-10-22(21(27)17-20)29-12-14-30(15-13-29)26(32)18-6-4-3-5-7-18/h3-11,16-17H,12-15H2,1-2H3,(H,28,31). The van der Waals surface area contributed by atoms with Crippen LogP contribution in [-0.4, -0.2) is 57.1 Å². The van der Waals surface area contributed by atoms with E-state index in [2.05, 4.69) is 10.2 Å². The molecule has 0 saturated carbocycles. The average Bonchev–Trinajstić information content (AvgIpc) is 2.88. The number of halogens is 1. The molecule has 1 aliphatic rings. The fraction of sp³-hybridized carbons (Fsp3) is 0.231. The second-order valence-electron chi connectivity index (χ2n) is 7.84. The number of carbonyl (C=O) groups is 2. The van der Waals surface area contributed by atoms with Crippen LogP contribution in [0.5, 0.6) is 11.5 Å². The Hall–Kier alpha value is -3.71. The highest BCUT2D eigenvalue weighted by Crippen LogP contribution is 2.31. The number of ether oxygens (including phenoxy) is 2. The van der Waals surface area contributed by atoms with Gasteiger partial charge in [0, 0.05) is 43.0 Å². The van der Waals surface area contributed by atoms with Crippen molar-refractivity contribution in [1.82, 2.24) is 4.90 Å². The third-order valence-corrected chi connectivity index (χ3v) is 6.08. The Kier molecular flexibility index (Phi) is 7.23. The molecule has 1 fully saturated rings. The second-order valence-corrected chi connectivity index (χ2v) is 8.24. The zero-order valence-corrected chi connectivity index (χ0v) is 19.8. The van der Waals surface area contributed by atoms with Crippen molar-refractivity contribution in [3.8, 4) is 11.5 Å². The predicted octanol–water partition coefficient (Wildman–Crippen LogP) is 4.57. The van der Waals surface area contributed by atoms with E-state index in [9.17, 15) is 9.59 Å². The minimum atomic E-state index is -0.280. The normalized spacial score (nSPS) is 13.4.